The molecule has 0 spiro atoms. The number of aromatic nitrogens is 3. The number of hydrogen-bond acceptors (Lipinski definition) is 5. The third-order valence-electron chi connectivity index (χ3n) is 2.54. The normalized spacial score (nSPS) is 11.6. The van der Waals surface area contributed by atoms with Gasteiger partial charge in [0.2, 0.25) is 11.9 Å². The number of H-pyrrole nitrogens is 1. The Kier molecular flexibility index (Phi) is 3.29. The van der Waals surface area contributed by atoms with Crippen LogP contribution in [0.2, 0.25) is 0 Å². The van der Waals surface area contributed by atoms with Crippen LogP contribution in [0, 0.1) is 0 Å². The SMILES string of the molecule is CCC(CC)(CO)Nc1n[nH]c(N)n1. The van der Waals surface area contributed by atoms with Gasteiger partial charge >= 0.3 is 0 Å². The number of aromatic amines is 1. The summed E-state index contributed by atoms with van der Waals surface area (Å²) in [6, 6.07) is 0. The van der Waals surface area contributed by atoms with Gasteiger partial charge < -0.3 is 16.2 Å². The molecular formula is C8H17N5O. The molecule has 0 aliphatic rings. The number of aliphatic hydroxyl groups is 1. The Morgan fingerprint density at radius 2 is 2.14 bits per heavy atom. The van der Waals surface area contributed by atoms with Gasteiger partial charge in [-0.2, -0.15) is 4.98 Å². The maximum atomic E-state index is 9.29. The van der Waals surface area contributed by atoms with E-state index in [0.29, 0.717) is 5.95 Å². The van der Waals surface area contributed by atoms with Crippen molar-refractivity contribution in [3.63, 3.8) is 0 Å². The second-order valence-corrected chi connectivity index (χ2v) is 3.31. The molecule has 1 aromatic rings. The van der Waals surface area contributed by atoms with Crippen LogP contribution >= 0.6 is 0 Å². The van der Waals surface area contributed by atoms with Gasteiger partial charge in [-0.15, -0.1) is 5.10 Å². The van der Waals surface area contributed by atoms with Gasteiger partial charge in [0.1, 0.15) is 0 Å². The lowest BCUT2D eigenvalue weighted by atomic mass is 9.94. The van der Waals surface area contributed by atoms with Gasteiger partial charge in [-0.25, -0.2) is 5.10 Å². The van der Waals surface area contributed by atoms with Gasteiger partial charge in [0, 0.05) is 0 Å². The quantitative estimate of drug-likeness (QED) is 0.548. The minimum absolute atomic E-state index is 0.0500. The predicted molar refractivity (Wildman–Crippen MR) is 54.8 cm³/mol. The average molecular weight is 199 g/mol. The Morgan fingerprint density at radius 3 is 2.50 bits per heavy atom. The molecule has 1 rings (SSSR count). The van der Waals surface area contributed by atoms with Gasteiger partial charge in [-0.05, 0) is 12.8 Å². The van der Waals surface area contributed by atoms with Crippen LogP contribution in [0.5, 0.6) is 0 Å². The summed E-state index contributed by atoms with van der Waals surface area (Å²) in [7, 11) is 0. The molecule has 6 heteroatoms. The van der Waals surface area contributed by atoms with E-state index in [9.17, 15) is 5.11 Å². The summed E-state index contributed by atoms with van der Waals surface area (Å²) < 4.78 is 0. The molecule has 6 nitrogen and oxygen atoms in total. The van der Waals surface area contributed by atoms with E-state index in [1.807, 2.05) is 13.8 Å². The highest BCUT2D eigenvalue weighted by atomic mass is 16.3. The lowest BCUT2D eigenvalue weighted by molar-refractivity contribution is 0.201. The second-order valence-electron chi connectivity index (χ2n) is 3.31. The number of nitrogen functional groups attached to an aromatic ring is 1. The zero-order valence-electron chi connectivity index (χ0n) is 8.54. The van der Waals surface area contributed by atoms with E-state index in [1.165, 1.54) is 0 Å². The summed E-state index contributed by atoms with van der Waals surface area (Å²) >= 11 is 0. The molecule has 0 saturated heterocycles. The van der Waals surface area contributed by atoms with Crippen molar-refractivity contribution in [2.24, 2.45) is 0 Å². The predicted octanol–water partition coefficient (Wildman–Crippen LogP) is 0.350. The van der Waals surface area contributed by atoms with Crippen molar-refractivity contribution < 1.29 is 5.11 Å². The molecule has 0 bridgehead atoms. The highest BCUT2D eigenvalue weighted by Gasteiger charge is 2.26. The van der Waals surface area contributed by atoms with E-state index in [0.717, 1.165) is 12.8 Å². The first kappa shape index (κ1) is 10.8. The molecule has 1 aromatic heterocycles. The van der Waals surface area contributed by atoms with E-state index in [1.54, 1.807) is 0 Å². The zero-order chi connectivity index (χ0) is 10.6. The molecule has 80 valence electrons. The van der Waals surface area contributed by atoms with Crippen molar-refractivity contribution in [3.8, 4) is 0 Å². The highest BCUT2D eigenvalue weighted by Crippen LogP contribution is 2.19. The van der Waals surface area contributed by atoms with Gasteiger partial charge in [0.25, 0.3) is 0 Å². The first-order valence-electron chi connectivity index (χ1n) is 4.72. The second kappa shape index (κ2) is 4.28. The summed E-state index contributed by atoms with van der Waals surface area (Å²) in [4.78, 5) is 3.93. The topological polar surface area (TPSA) is 99.8 Å². The van der Waals surface area contributed by atoms with E-state index in [4.69, 9.17) is 5.73 Å². The minimum atomic E-state index is -0.353. The monoisotopic (exact) mass is 199 g/mol. The molecule has 1 heterocycles. The third kappa shape index (κ3) is 2.14. The Balaban J connectivity index is 2.73. The Labute approximate surface area is 82.9 Å². The molecule has 0 aromatic carbocycles. The van der Waals surface area contributed by atoms with Crippen LogP contribution < -0.4 is 11.1 Å². The number of nitrogens with two attached hydrogens (primary N) is 1. The smallest absolute Gasteiger partial charge is 0.244 e. The van der Waals surface area contributed by atoms with Crippen LogP contribution in [0.3, 0.4) is 0 Å². The van der Waals surface area contributed by atoms with Crippen molar-refractivity contribution in [2.45, 2.75) is 32.2 Å². The third-order valence-corrected chi connectivity index (χ3v) is 2.54. The van der Waals surface area contributed by atoms with Gasteiger partial charge in [-0.1, -0.05) is 13.8 Å². The van der Waals surface area contributed by atoms with Crippen molar-refractivity contribution in [1.82, 2.24) is 15.2 Å². The van der Waals surface area contributed by atoms with Crippen LogP contribution in [0.1, 0.15) is 26.7 Å². The fourth-order valence-corrected chi connectivity index (χ4v) is 1.26. The molecule has 0 amide bonds. The average Bonchev–Trinajstić information content (AvgIpc) is 2.61. The minimum Gasteiger partial charge on any atom is -0.394 e. The van der Waals surface area contributed by atoms with Crippen molar-refractivity contribution in [2.75, 3.05) is 17.7 Å². The summed E-state index contributed by atoms with van der Waals surface area (Å²) in [5.41, 5.74) is 5.04. The largest absolute Gasteiger partial charge is 0.394 e. The molecule has 0 aliphatic carbocycles. The number of aliphatic hydroxyl groups excluding tert-OH is 1. The van der Waals surface area contributed by atoms with E-state index >= 15 is 0 Å². The zero-order valence-corrected chi connectivity index (χ0v) is 8.54. The van der Waals surface area contributed by atoms with Crippen LogP contribution in [0.25, 0.3) is 0 Å². The Hall–Kier alpha value is -1.30. The number of anilines is 2. The lowest BCUT2D eigenvalue weighted by Gasteiger charge is -2.29. The van der Waals surface area contributed by atoms with E-state index in [-0.39, 0.29) is 18.1 Å². The highest BCUT2D eigenvalue weighted by molar-refractivity contribution is 5.33. The molecule has 0 aliphatic heterocycles. The van der Waals surface area contributed by atoms with Crippen molar-refractivity contribution in [1.29, 1.82) is 0 Å². The Morgan fingerprint density at radius 1 is 1.50 bits per heavy atom. The van der Waals surface area contributed by atoms with Crippen molar-refractivity contribution >= 4 is 11.9 Å². The standard InChI is InChI=1S/C8H17N5O/c1-3-8(4-2,5-14)11-7-10-6(9)12-13-7/h14H,3-5H2,1-2H3,(H4,9,10,11,12,13). The van der Waals surface area contributed by atoms with E-state index < -0.39 is 0 Å². The molecular weight excluding hydrogens is 182 g/mol. The molecule has 5 N–H and O–H groups in total. The summed E-state index contributed by atoms with van der Waals surface area (Å²) in [6.45, 7) is 4.06. The molecule has 0 unspecified atom stereocenters. The Bertz CT molecular complexity index is 273. The van der Waals surface area contributed by atoms with Crippen LogP contribution in [0.15, 0.2) is 0 Å². The maximum Gasteiger partial charge on any atom is 0.244 e. The van der Waals surface area contributed by atoms with Gasteiger partial charge in [0.15, 0.2) is 0 Å². The fraction of sp³-hybridized carbons (Fsp3) is 0.750. The van der Waals surface area contributed by atoms with E-state index in [2.05, 4.69) is 20.5 Å². The fourth-order valence-electron chi connectivity index (χ4n) is 1.26. The van der Waals surface area contributed by atoms with Gasteiger partial charge in [0.05, 0.1) is 12.1 Å². The number of hydrogen-bond donors (Lipinski definition) is 4. The number of nitrogens with zero attached hydrogens (tertiary/aromatic N) is 2. The molecule has 14 heavy (non-hydrogen) atoms. The van der Waals surface area contributed by atoms with Gasteiger partial charge in [-0.3, -0.25) is 0 Å². The lowest BCUT2D eigenvalue weighted by Crippen LogP contribution is -2.41. The first-order valence-corrected chi connectivity index (χ1v) is 4.72. The van der Waals surface area contributed by atoms with Crippen molar-refractivity contribution in [3.05, 3.63) is 0 Å². The molecule has 0 fully saturated rings. The summed E-state index contributed by atoms with van der Waals surface area (Å²) in [5, 5.41) is 18.8. The summed E-state index contributed by atoms with van der Waals surface area (Å²) in [6.07, 6.45) is 1.60. The first-order chi connectivity index (χ1) is 6.65. The van der Waals surface area contributed by atoms with Crippen LogP contribution in [-0.2, 0) is 0 Å². The number of nitrogens with one attached hydrogen (secondary N) is 2. The maximum absolute atomic E-state index is 9.29. The molecule has 0 atom stereocenters. The molecule has 0 radical (unpaired) electrons. The molecule has 0 saturated carbocycles. The summed E-state index contributed by atoms with van der Waals surface area (Å²) in [5.74, 6) is 0.701. The number of rotatable bonds is 5. The van der Waals surface area contributed by atoms with Crippen LogP contribution in [0.4, 0.5) is 11.9 Å². The van der Waals surface area contributed by atoms with Crippen LogP contribution in [-0.4, -0.2) is 32.4 Å².